The van der Waals surface area contributed by atoms with Crippen LogP contribution in [0.1, 0.15) is 51.7 Å². The van der Waals surface area contributed by atoms with Gasteiger partial charge in [-0.05, 0) is 51.1 Å². The Morgan fingerprint density at radius 3 is 2.24 bits per heavy atom. The SMILES string of the molecule is CCC(=O)CN(C(=O)OC(C)(C)C)c1cc(C2=NOC(c3cc(Cl)cc(Cl)c3)(C(F)(F)F)C2)ccc1Cl. The summed E-state index contributed by atoms with van der Waals surface area (Å²) >= 11 is 18.3. The predicted octanol–water partition coefficient (Wildman–Crippen LogP) is 7.95. The molecule has 0 fully saturated rings. The number of carbonyl (C=O) groups excluding carboxylic acids is 2. The van der Waals surface area contributed by atoms with Gasteiger partial charge in [0.1, 0.15) is 5.60 Å². The number of hydrogen-bond acceptors (Lipinski definition) is 5. The lowest BCUT2D eigenvalue weighted by Crippen LogP contribution is -2.42. The zero-order valence-electron chi connectivity index (χ0n) is 20.4. The number of Topliss-reactive ketones (excluding diaryl/α,β-unsaturated/α-hetero) is 1. The van der Waals surface area contributed by atoms with Crippen LogP contribution in [0.5, 0.6) is 0 Å². The van der Waals surface area contributed by atoms with Gasteiger partial charge < -0.3 is 9.57 Å². The molecule has 2 aromatic carbocycles. The summed E-state index contributed by atoms with van der Waals surface area (Å²) in [4.78, 5) is 31.3. The van der Waals surface area contributed by atoms with Crippen molar-refractivity contribution in [2.75, 3.05) is 11.4 Å². The summed E-state index contributed by atoms with van der Waals surface area (Å²) < 4.78 is 48.5. The van der Waals surface area contributed by atoms with Crippen LogP contribution in [0.3, 0.4) is 0 Å². The summed E-state index contributed by atoms with van der Waals surface area (Å²) in [5, 5.41) is 3.83. The Morgan fingerprint density at radius 2 is 1.70 bits per heavy atom. The number of alkyl halides is 3. The van der Waals surface area contributed by atoms with E-state index in [1.807, 2.05) is 0 Å². The van der Waals surface area contributed by atoms with Gasteiger partial charge in [-0.1, -0.05) is 52.9 Å². The Hall–Kier alpha value is -2.49. The average Bonchev–Trinajstić information content (AvgIpc) is 3.23. The zero-order chi connectivity index (χ0) is 27.8. The second-order valence-electron chi connectivity index (χ2n) is 9.41. The third-order valence-electron chi connectivity index (χ3n) is 5.43. The molecule has 200 valence electrons. The van der Waals surface area contributed by atoms with Crippen molar-refractivity contribution in [1.29, 1.82) is 0 Å². The van der Waals surface area contributed by atoms with Crippen LogP contribution in [0.4, 0.5) is 23.7 Å². The fourth-order valence-corrected chi connectivity index (χ4v) is 4.34. The molecule has 0 saturated heterocycles. The molecule has 0 spiro atoms. The summed E-state index contributed by atoms with van der Waals surface area (Å²) in [5.74, 6) is -0.275. The van der Waals surface area contributed by atoms with Gasteiger partial charge in [-0.25, -0.2) is 4.79 Å². The Balaban J connectivity index is 2.03. The van der Waals surface area contributed by atoms with Gasteiger partial charge in [0, 0.05) is 34.0 Å². The van der Waals surface area contributed by atoms with E-state index < -0.39 is 29.9 Å². The Bertz CT molecular complexity index is 1220. The molecule has 0 N–H and O–H groups in total. The smallest absolute Gasteiger partial charge is 0.435 e. The molecule has 3 rings (SSSR count). The fraction of sp³-hybridized carbons (Fsp3) is 0.400. The summed E-state index contributed by atoms with van der Waals surface area (Å²) in [6.07, 6.45) is -6.27. The second kappa shape index (κ2) is 10.7. The maximum atomic E-state index is 14.4. The molecule has 2 aromatic rings. The zero-order valence-corrected chi connectivity index (χ0v) is 22.6. The molecule has 12 heteroatoms. The van der Waals surface area contributed by atoms with Gasteiger partial charge in [-0.2, -0.15) is 13.2 Å². The van der Waals surface area contributed by atoms with E-state index >= 15 is 0 Å². The van der Waals surface area contributed by atoms with Crippen molar-refractivity contribution in [3.8, 4) is 0 Å². The molecule has 0 saturated carbocycles. The van der Waals surface area contributed by atoms with Crippen molar-refractivity contribution in [1.82, 2.24) is 0 Å². The lowest BCUT2D eigenvalue weighted by molar-refractivity contribution is -0.275. The molecule has 37 heavy (non-hydrogen) atoms. The molecule has 6 nitrogen and oxygen atoms in total. The van der Waals surface area contributed by atoms with E-state index in [2.05, 4.69) is 5.16 Å². The van der Waals surface area contributed by atoms with Crippen LogP contribution in [0, 0.1) is 0 Å². The van der Waals surface area contributed by atoms with Crippen LogP contribution in [0.15, 0.2) is 41.6 Å². The largest absolute Gasteiger partial charge is 0.443 e. The summed E-state index contributed by atoms with van der Waals surface area (Å²) in [6.45, 7) is 6.27. The van der Waals surface area contributed by atoms with E-state index in [1.54, 1.807) is 27.7 Å². The van der Waals surface area contributed by atoms with Crippen molar-refractivity contribution in [2.24, 2.45) is 5.16 Å². The van der Waals surface area contributed by atoms with Crippen LogP contribution < -0.4 is 4.90 Å². The molecular formula is C25H24Cl3F3N2O4. The molecule has 0 radical (unpaired) electrons. The molecule has 0 aromatic heterocycles. The van der Waals surface area contributed by atoms with Crippen LogP contribution in [0.25, 0.3) is 0 Å². The van der Waals surface area contributed by atoms with Gasteiger partial charge in [0.2, 0.25) is 0 Å². The Kier molecular flexibility index (Phi) is 8.41. The van der Waals surface area contributed by atoms with Crippen molar-refractivity contribution in [2.45, 2.75) is 57.9 Å². The first kappa shape index (κ1) is 29.1. The third-order valence-corrected chi connectivity index (χ3v) is 6.18. The van der Waals surface area contributed by atoms with Crippen molar-refractivity contribution in [3.63, 3.8) is 0 Å². The predicted molar refractivity (Wildman–Crippen MR) is 137 cm³/mol. The number of rotatable bonds is 6. The summed E-state index contributed by atoms with van der Waals surface area (Å²) in [7, 11) is 0. The maximum Gasteiger partial charge on any atom is 0.435 e. The fourth-order valence-electron chi connectivity index (χ4n) is 3.60. The Labute approximate surface area is 227 Å². The number of carbonyl (C=O) groups is 2. The highest BCUT2D eigenvalue weighted by Crippen LogP contribution is 2.50. The van der Waals surface area contributed by atoms with E-state index in [-0.39, 0.29) is 56.3 Å². The average molecular weight is 580 g/mol. The monoisotopic (exact) mass is 578 g/mol. The van der Waals surface area contributed by atoms with Crippen LogP contribution in [0.2, 0.25) is 15.1 Å². The number of ketones is 1. The number of anilines is 1. The first-order chi connectivity index (χ1) is 17.1. The van der Waals surface area contributed by atoms with E-state index in [9.17, 15) is 22.8 Å². The highest BCUT2D eigenvalue weighted by atomic mass is 35.5. The van der Waals surface area contributed by atoms with E-state index in [1.165, 1.54) is 24.3 Å². The molecule has 1 aliphatic rings. The highest BCUT2D eigenvalue weighted by Gasteiger charge is 2.62. The first-order valence-electron chi connectivity index (χ1n) is 11.2. The van der Waals surface area contributed by atoms with Crippen LogP contribution in [-0.4, -0.2) is 35.9 Å². The molecule has 1 aliphatic heterocycles. The van der Waals surface area contributed by atoms with Gasteiger partial charge in [0.15, 0.2) is 5.78 Å². The number of benzene rings is 2. The van der Waals surface area contributed by atoms with E-state index in [0.717, 1.165) is 17.0 Å². The highest BCUT2D eigenvalue weighted by molar-refractivity contribution is 6.35. The lowest BCUT2D eigenvalue weighted by atomic mass is 9.86. The van der Waals surface area contributed by atoms with Gasteiger partial charge in [0.25, 0.3) is 5.60 Å². The second-order valence-corrected chi connectivity index (χ2v) is 10.7. The van der Waals surface area contributed by atoms with Crippen molar-refractivity contribution >= 4 is 58.1 Å². The Morgan fingerprint density at radius 1 is 1.08 bits per heavy atom. The van der Waals surface area contributed by atoms with Gasteiger partial charge in [-0.3, -0.25) is 9.69 Å². The maximum absolute atomic E-state index is 14.4. The summed E-state index contributed by atoms with van der Waals surface area (Å²) in [6, 6.07) is 7.75. The quantitative estimate of drug-likeness (QED) is 0.348. The number of halogens is 6. The minimum atomic E-state index is -4.88. The molecule has 1 atom stereocenters. The number of oxime groups is 1. The minimum absolute atomic E-state index is 0.00514. The van der Waals surface area contributed by atoms with Crippen LogP contribution in [-0.2, 0) is 20.0 Å². The normalized spacial score (nSPS) is 17.7. The molecule has 1 amide bonds. The molecule has 0 bridgehead atoms. The number of hydrogen-bond donors (Lipinski definition) is 0. The standard InChI is InChI=1S/C25H24Cl3F3N2O4/c1-5-18(34)13-33(22(35)36-23(2,3)4)21-8-14(6-7-19(21)28)20-12-24(37-32-20,25(29,30)31)15-9-16(26)11-17(27)10-15/h6-11H,5,12-13H2,1-4H3. The molecule has 1 unspecified atom stereocenters. The topological polar surface area (TPSA) is 68.2 Å². The summed E-state index contributed by atoms with van der Waals surface area (Å²) in [5.41, 5.74) is -3.79. The molecule has 0 aliphatic carbocycles. The van der Waals surface area contributed by atoms with Gasteiger partial charge in [0.05, 0.1) is 23.0 Å². The number of ether oxygens (including phenoxy) is 1. The van der Waals surface area contributed by atoms with E-state index in [4.69, 9.17) is 44.4 Å². The van der Waals surface area contributed by atoms with Crippen LogP contribution >= 0.6 is 34.8 Å². The van der Waals surface area contributed by atoms with Crippen molar-refractivity contribution < 1.29 is 32.3 Å². The lowest BCUT2D eigenvalue weighted by Gasteiger charge is -2.30. The number of amides is 1. The third kappa shape index (κ3) is 6.51. The minimum Gasteiger partial charge on any atom is -0.443 e. The van der Waals surface area contributed by atoms with Crippen molar-refractivity contribution in [3.05, 3.63) is 62.6 Å². The molecular weight excluding hydrogens is 556 g/mol. The van der Waals surface area contributed by atoms with Gasteiger partial charge >= 0.3 is 12.3 Å². The van der Waals surface area contributed by atoms with Gasteiger partial charge in [-0.15, -0.1) is 0 Å². The molecule has 1 heterocycles. The number of nitrogens with zero attached hydrogens (tertiary/aromatic N) is 2. The first-order valence-corrected chi connectivity index (χ1v) is 12.3. The van der Waals surface area contributed by atoms with E-state index in [0.29, 0.717) is 0 Å².